The van der Waals surface area contributed by atoms with Crippen LogP contribution < -0.4 is 15.6 Å². The third-order valence-corrected chi connectivity index (χ3v) is 3.63. The zero-order chi connectivity index (χ0) is 19.1. The van der Waals surface area contributed by atoms with Gasteiger partial charge in [-0.15, -0.1) is 0 Å². The van der Waals surface area contributed by atoms with Gasteiger partial charge in [0.1, 0.15) is 23.9 Å². The van der Waals surface area contributed by atoms with Crippen LogP contribution in [0.2, 0.25) is 0 Å². The Hall–Kier alpha value is -3.74. The van der Waals surface area contributed by atoms with E-state index in [0.717, 1.165) is 0 Å². The second-order valence-corrected chi connectivity index (χ2v) is 5.71. The molecule has 2 amide bonds. The van der Waals surface area contributed by atoms with Crippen LogP contribution in [-0.2, 0) is 17.8 Å². The molecule has 0 saturated carbocycles. The van der Waals surface area contributed by atoms with Gasteiger partial charge in [0.15, 0.2) is 5.76 Å². The first-order valence-electron chi connectivity index (χ1n) is 8.24. The summed E-state index contributed by atoms with van der Waals surface area (Å²) in [5, 5.41) is 9.22. The van der Waals surface area contributed by atoms with E-state index >= 15 is 0 Å². The van der Waals surface area contributed by atoms with E-state index in [4.69, 9.17) is 9.15 Å². The lowest BCUT2D eigenvalue weighted by molar-refractivity contribution is -0.121. The molecule has 1 heterocycles. The molecule has 3 N–H and O–H groups in total. The summed E-state index contributed by atoms with van der Waals surface area (Å²) in [7, 11) is 0. The molecule has 1 aromatic heterocycles. The number of nitrogens with one attached hydrogen (secondary N) is 2. The summed E-state index contributed by atoms with van der Waals surface area (Å²) in [5.41, 5.74) is 5.32. The number of rotatable bonds is 6. The normalized spacial score (nSPS) is 10.2. The number of aromatic hydroxyl groups is 1. The quantitative estimate of drug-likeness (QED) is 0.582. The van der Waals surface area contributed by atoms with Gasteiger partial charge in [-0.3, -0.25) is 20.4 Å². The molecule has 0 saturated heterocycles. The number of amides is 2. The molecule has 7 heteroatoms. The number of para-hydroxylation sites is 1. The largest absolute Gasteiger partial charge is 0.508 e. The maximum absolute atomic E-state index is 12.0. The Morgan fingerprint density at radius 3 is 2.41 bits per heavy atom. The molecule has 0 unspecified atom stereocenters. The first kappa shape index (κ1) is 18.1. The Labute approximate surface area is 155 Å². The van der Waals surface area contributed by atoms with Crippen LogP contribution in [0.1, 0.15) is 21.9 Å². The van der Waals surface area contributed by atoms with Gasteiger partial charge in [-0.1, -0.05) is 30.3 Å². The SMILES string of the molecule is O=C(Cc1ccc(O)cc1)NNC(=O)c1ccc(COc2ccccc2)o1. The summed E-state index contributed by atoms with van der Waals surface area (Å²) < 4.78 is 11.0. The number of phenols is 1. The molecule has 138 valence electrons. The van der Waals surface area contributed by atoms with E-state index in [1.807, 2.05) is 30.3 Å². The van der Waals surface area contributed by atoms with E-state index in [9.17, 15) is 14.7 Å². The van der Waals surface area contributed by atoms with E-state index in [-0.39, 0.29) is 24.5 Å². The number of carbonyl (C=O) groups is 2. The van der Waals surface area contributed by atoms with Crippen molar-refractivity contribution in [1.82, 2.24) is 10.9 Å². The summed E-state index contributed by atoms with van der Waals surface area (Å²) in [6.07, 6.45) is 0.0644. The molecule has 0 aliphatic carbocycles. The van der Waals surface area contributed by atoms with Crippen molar-refractivity contribution in [2.45, 2.75) is 13.0 Å². The Balaban J connectivity index is 1.46. The highest BCUT2D eigenvalue weighted by atomic mass is 16.5. The minimum absolute atomic E-state index is 0.0617. The maximum Gasteiger partial charge on any atom is 0.305 e. The average molecular weight is 366 g/mol. The number of carbonyl (C=O) groups excluding carboxylic acids is 2. The van der Waals surface area contributed by atoms with Gasteiger partial charge in [0.2, 0.25) is 5.91 Å². The number of furan rings is 1. The van der Waals surface area contributed by atoms with Crippen LogP contribution in [0, 0.1) is 0 Å². The molecule has 0 spiro atoms. The lowest BCUT2D eigenvalue weighted by atomic mass is 10.1. The monoisotopic (exact) mass is 366 g/mol. The number of hydrazine groups is 1. The summed E-state index contributed by atoms with van der Waals surface area (Å²) >= 11 is 0. The summed E-state index contributed by atoms with van der Waals surface area (Å²) in [4.78, 5) is 23.9. The van der Waals surface area contributed by atoms with Crippen molar-refractivity contribution in [2.75, 3.05) is 0 Å². The zero-order valence-corrected chi connectivity index (χ0v) is 14.3. The third kappa shape index (κ3) is 5.37. The fraction of sp³-hybridized carbons (Fsp3) is 0.100. The van der Waals surface area contributed by atoms with Crippen LogP contribution in [0.5, 0.6) is 11.5 Å². The van der Waals surface area contributed by atoms with Gasteiger partial charge >= 0.3 is 5.91 Å². The highest BCUT2D eigenvalue weighted by molar-refractivity contribution is 5.93. The Kier molecular flexibility index (Phi) is 5.73. The van der Waals surface area contributed by atoms with Gasteiger partial charge in [-0.25, -0.2) is 0 Å². The second-order valence-electron chi connectivity index (χ2n) is 5.71. The van der Waals surface area contributed by atoms with Gasteiger partial charge in [0.05, 0.1) is 6.42 Å². The minimum Gasteiger partial charge on any atom is -0.508 e. The van der Waals surface area contributed by atoms with Crippen LogP contribution >= 0.6 is 0 Å². The minimum atomic E-state index is -0.569. The fourth-order valence-electron chi connectivity index (χ4n) is 2.28. The van der Waals surface area contributed by atoms with Crippen LogP contribution in [0.3, 0.4) is 0 Å². The number of ether oxygens (including phenoxy) is 1. The molecule has 0 fully saturated rings. The third-order valence-electron chi connectivity index (χ3n) is 3.63. The van der Waals surface area contributed by atoms with Crippen LogP contribution in [0.4, 0.5) is 0 Å². The van der Waals surface area contributed by atoms with E-state index in [1.165, 1.54) is 18.2 Å². The van der Waals surface area contributed by atoms with Crippen molar-refractivity contribution < 1.29 is 23.8 Å². The maximum atomic E-state index is 12.0. The highest BCUT2D eigenvalue weighted by Gasteiger charge is 2.13. The van der Waals surface area contributed by atoms with Crippen molar-refractivity contribution in [1.29, 1.82) is 0 Å². The van der Waals surface area contributed by atoms with Crippen molar-refractivity contribution in [3.8, 4) is 11.5 Å². The van der Waals surface area contributed by atoms with Crippen molar-refractivity contribution in [3.63, 3.8) is 0 Å². The Bertz CT molecular complexity index is 904. The van der Waals surface area contributed by atoms with Gasteiger partial charge in [0, 0.05) is 0 Å². The summed E-state index contributed by atoms with van der Waals surface area (Å²) in [5.74, 6) is 0.401. The number of benzene rings is 2. The molecule has 0 aliphatic heterocycles. The van der Waals surface area contributed by atoms with Gasteiger partial charge in [-0.05, 0) is 42.0 Å². The first-order chi connectivity index (χ1) is 13.1. The predicted molar refractivity (Wildman–Crippen MR) is 96.9 cm³/mol. The number of hydrogen-bond donors (Lipinski definition) is 3. The molecule has 3 aromatic rings. The molecular weight excluding hydrogens is 348 g/mol. The number of hydrogen-bond acceptors (Lipinski definition) is 5. The van der Waals surface area contributed by atoms with Crippen molar-refractivity contribution >= 4 is 11.8 Å². The van der Waals surface area contributed by atoms with E-state index in [2.05, 4.69) is 10.9 Å². The molecule has 0 bridgehead atoms. The van der Waals surface area contributed by atoms with Gasteiger partial charge < -0.3 is 14.3 Å². The van der Waals surface area contributed by atoms with E-state index in [0.29, 0.717) is 17.1 Å². The highest BCUT2D eigenvalue weighted by Crippen LogP contribution is 2.14. The van der Waals surface area contributed by atoms with Crippen LogP contribution in [0.25, 0.3) is 0 Å². The van der Waals surface area contributed by atoms with Gasteiger partial charge in [-0.2, -0.15) is 0 Å². The smallest absolute Gasteiger partial charge is 0.305 e. The predicted octanol–water partition coefficient (Wildman–Crippen LogP) is 2.57. The van der Waals surface area contributed by atoms with Crippen molar-refractivity contribution in [3.05, 3.63) is 83.8 Å². The molecule has 0 radical (unpaired) electrons. The number of phenolic OH excluding ortho intramolecular Hbond substituents is 1. The van der Waals surface area contributed by atoms with Crippen LogP contribution in [0.15, 0.2) is 71.1 Å². The zero-order valence-electron chi connectivity index (χ0n) is 14.3. The lowest BCUT2D eigenvalue weighted by Crippen LogP contribution is -2.42. The molecule has 27 heavy (non-hydrogen) atoms. The lowest BCUT2D eigenvalue weighted by Gasteiger charge is -2.06. The fourth-order valence-corrected chi connectivity index (χ4v) is 2.28. The molecule has 0 aliphatic rings. The molecule has 3 rings (SSSR count). The second kappa shape index (κ2) is 8.57. The standard InChI is InChI=1S/C20H18N2O5/c23-15-8-6-14(7-9-15)12-19(24)21-22-20(25)18-11-10-17(27-18)13-26-16-4-2-1-3-5-16/h1-11,23H,12-13H2,(H,21,24)(H,22,25). The molecule has 7 nitrogen and oxygen atoms in total. The average Bonchev–Trinajstić information content (AvgIpc) is 3.16. The van der Waals surface area contributed by atoms with Crippen LogP contribution in [-0.4, -0.2) is 16.9 Å². The summed E-state index contributed by atoms with van der Waals surface area (Å²) in [6, 6.07) is 18.6. The molecule has 2 aromatic carbocycles. The van der Waals surface area contributed by atoms with E-state index in [1.54, 1.807) is 18.2 Å². The molecule has 0 atom stereocenters. The Morgan fingerprint density at radius 1 is 0.926 bits per heavy atom. The topological polar surface area (TPSA) is 101 Å². The Morgan fingerprint density at radius 2 is 1.67 bits per heavy atom. The first-order valence-corrected chi connectivity index (χ1v) is 8.24. The summed E-state index contributed by atoms with van der Waals surface area (Å²) in [6.45, 7) is 0.185. The van der Waals surface area contributed by atoms with Crippen molar-refractivity contribution in [2.24, 2.45) is 0 Å². The van der Waals surface area contributed by atoms with Gasteiger partial charge in [0.25, 0.3) is 0 Å². The molecular formula is C20H18N2O5. The van der Waals surface area contributed by atoms with E-state index < -0.39 is 11.8 Å².